The molecule has 2 aliphatic heterocycles. The second-order valence-electron chi connectivity index (χ2n) is 23.4. The van der Waals surface area contributed by atoms with Crippen LogP contribution < -0.4 is 25.5 Å². The van der Waals surface area contributed by atoms with Gasteiger partial charge in [0.25, 0.3) is 6.71 Å². The number of hydrogen-bond donors (Lipinski definition) is 0. The monoisotopic (exact) mass is 946 g/mol. The van der Waals surface area contributed by atoms with Crippen molar-refractivity contribution in [2.24, 2.45) is 0 Å². The third-order valence-corrected chi connectivity index (χ3v) is 16.9. The van der Waals surface area contributed by atoms with Crippen LogP contribution in [-0.4, -0.2) is 6.71 Å². The summed E-state index contributed by atoms with van der Waals surface area (Å²) in [6.07, 6.45) is 0. The number of anilines is 6. The minimum atomic E-state index is -0.0631. The van der Waals surface area contributed by atoms with Crippen LogP contribution in [-0.2, 0) is 16.2 Å². The van der Waals surface area contributed by atoms with E-state index < -0.39 is 0 Å². The Morgan fingerprint density at radius 2 is 0.889 bits per heavy atom. The summed E-state index contributed by atoms with van der Waals surface area (Å²) in [6.45, 7) is 21.0. The molecule has 2 aliphatic rings. The van der Waals surface area contributed by atoms with Gasteiger partial charge in [-0.25, -0.2) is 0 Å². The van der Waals surface area contributed by atoms with Crippen LogP contribution in [0.15, 0.2) is 194 Å². The van der Waals surface area contributed by atoms with E-state index in [2.05, 4.69) is 266 Å². The SMILES string of the molecule is CC(C)(C)c1ccc(N2c3cccc4c3B(c3cc(C(C)(C)C)ccc3N4c3ccc(C(C)(C)C)cc3-c3ccc4c5ccccc5c5ccccc5c4c3)c3sc4ccc(-c5ccccc5)cc4c32)cc1. The Labute approximate surface area is 429 Å². The molecule has 0 radical (unpaired) electrons. The van der Waals surface area contributed by atoms with E-state index in [9.17, 15) is 0 Å². The molecular weight excluding hydrogens is 888 g/mol. The molecule has 2 nitrogen and oxygen atoms in total. The summed E-state index contributed by atoms with van der Waals surface area (Å²) in [7, 11) is 0. The Balaban J connectivity index is 1.10. The second-order valence-corrected chi connectivity index (χ2v) is 24.4. The van der Waals surface area contributed by atoms with Crippen molar-refractivity contribution < 1.29 is 0 Å². The van der Waals surface area contributed by atoms with Crippen LogP contribution in [0.3, 0.4) is 0 Å². The molecule has 0 atom stereocenters. The van der Waals surface area contributed by atoms with Gasteiger partial charge in [0.2, 0.25) is 0 Å². The minimum Gasteiger partial charge on any atom is -0.311 e. The van der Waals surface area contributed by atoms with Gasteiger partial charge in [-0.2, -0.15) is 0 Å². The Kier molecular flexibility index (Phi) is 9.93. The highest BCUT2D eigenvalue weighted by atomic mass is 32.1. The number of rotatable bonds is 4. The first-order chi connectivity index (χ1) is 34.6. The fraction of sp³-hybridized carbons (Fsp3) is 0.176. The summed E-state index contributed by atoms with van der Waals surface area (Å²) in [5.41, 5.74) is 18.8. The fourth-order valence-corrected chi connectivity index (χ4v) is 13.1. The van der Waals surface area contributed by atoms with Crippen molar-refractivity contribution in [3.63, 3.8) is 0 Å². The molecule has 0 amide bonds. The number of benzene rings is 10. The van der Waals surface area contributed by atoms with Crippen LogP contribution in [0, 0.1) is 0 Å². The van der Waals surface area contributed by atoms with Gasteiger partial charge in [0.15, 0.2) is 0 Å². The molecular formula is C68H59BN2S. The van der Waals surface area contributed by atoms with Crippen molar-refractivity contribution in [1.29, 1.82) is 0 Å². The molecule has 0 unspecified atom stereocenters. The largest absolute Gasteiger partial charge is 0.311 e. The molecule has 72 heavy (non-hydrogen) atoms. The topological polar surface area (TPSA) is 6.48 Å². The van der Waals surface area contributed by atoms with Gasteiger partial charge >= 0.3 is 0 Å². The minimum absolute atomic E-state index is 0.0139. The molecule has 0 bridgehead atoms. The maximum atomic E-state index is 2.62. The zero-order chi connectivity index (χ0) is 49.4. The number of thiophene rings is 1. The lowest BCUT2D eigenvalue weighted by molar-refractivity contribution is 0.590. The molecule has 0 spiro atoms. The maximum absolute atomic E-state index is 2.62. The van der Waals surface area contributed by atoms with E-state index in [1.54, 1.807) is 0 Å². The molecule has 0 fully saturated rings. The number of hydrogen-bond acceptors (Lipinski definition) is 3. The molecule has 0 N–H and O–H groups in total. The standard InChI is InChI=1S/C68H59BN2S/c1-66(2,3)45-28-32-48(33-29-45)70-60-24-17-25-61-63(60)69(65-64(70)56-38-43(27-37-62(56)72-65)42-18-11-10-12-19-42)57-41-47(68(7,8)9)31-36-59(57)71(61)58-35-30-46(67(4,5)6)40-54(58)44-26-34-53-51-22-14-13-20-49(51)50-21-15-16-23-52(50)55(53)39-44/h10-41H,1-9H3. The number of fused-ring (bicyclic) bond motifs is 12. The molecule has 1 aromatic heterocycles. The van der Waals surface area contributed by atoms with Crippen molar-refractivity contribution >= 4 is 110 Å². The zero-order valence-electron chi connectivity index (χ0n) is 42.9. The molecule has 350 valence electrons. The van der Waals surface area contributed by atoms with Gasteiger partial charge in [-0.05, 0) is 154 Å². The second kappa shape index (κ2) is 16.1. The van der Waals surface area contributed by atoms with E-state index in [0.717, 1.165) is 0 Å². The van der Waals surface area contributed by atoms with Crippen LogP contribution >= 0.6 is 11.3 Å². The summed E-state index contributed by atoms with van der Waals surface area (Å²) < 4.78 is 2.69. The van der Waals surface area contributed by atoms with Crippen LogP contribution in [0.1, 0.15) is 79.0 Å². The van der Waals surface area contributed by atoms with E-state index in [4.69, 9.17) is 0 Å². The first-order valence-corrected chi connectivity index (χ1v) is 26.5. The van der Waals surface area contributed by atoms with Gasteiger partial charge in [0.1, 0.15) is 0 Å². The van der Waals surface area contributed by atoms with E-state index in [0.29, 0.717) is 0 Å². The van der Waals surface area contributed by atoms with Crippen molar-refractivity contribution in [2.45, 2.75) is 78.6 Å². The van der Waals surface area contributed by atoms with Crippen LogP contribution in [0.5, 0.6) is 0 Å². The van der Waals surface area contributed by atoms with Gasteiger partial charge in [-0.1, -0.05) is 196 Å². The highest BCUT2D eigenvalue weighted by Gasteiger charge is 2.46. The van der Waals surface area contributed by atoms with Gasteiger partial charge in [-0.15, -0.1) is 11.3 Å². The van der Waals surface area contributed by atoms with Gasteiger partial charge in [0.05, 0.1) is 11.4 Å². The quantitative estimate of drug-likeness (QED) is 0.128. The van der Waals surface area contributed by atoms with E-state index in [-0.39, 0.29) is 23.0 Å². The first kappa shape index (κ1) is 44.5. The lowest BCUT2D eigenvalue weighted by Crippen LogP contribution is -2.60. The maximum Gasteiger partial charge on any atom is 0.264 e. The lowest BCUT2D eigenvalue weighted by atomic mass is 9.36. The van der Waals surface area contributed by atoms with E-state index in [1.165, 1.54) is 131 Å². The molecule has 0 aliphatic carbocycles. The molecule has 0 saturated heterocycles. The summed E-state index contributed by atoms with van der Waals surface area (Å²) in [4.78, 5) is 5.22. The molecule has 4 heteroatoms. The lowest BCUT2D eigenvalue weighted by Gasteiger charge is -2.44. The van der Waals surface area contributed by atoms with Gasteiger partial charge < -0.3 is 9.80 Å². The van der Waals surface area contributed by atoms with Crippen molar-refractivity contribution in [3.8, 4) is 22.3 Å². The Bertz CT molecular complexity index is 3960. The molecule has 11 aromatic rings. The molecule has 3 heterocycles. The average Bonchev–Trinajstić information content (AvgIpc) is 3.76. The summed E-state index contributed by atoms with van der Waals surface area (Å²) >= 11 is 1.97. The van der Waals surface area contributed by atoms with Gasteiger partial charge in [-0.3, -0.25) is 0 Å². The van der Waals surface area contributed by atoms with Gasteiger partial charge in [0, 0.05) is 43.2 Å². The molecule has 0 saturated carbocycles. The number of nitrogens with zero attached hydrogens (tertiary/aromatic N) is 2. The summed E-state index contributed by atoms with van der Waals surface area (Å²) in [5, 5.41) is 9.01. The predicted molar refractivity (Wildman–Crippen MR) is 315 cm³/mol. The van der Waals surface area contributed by atoms with Crippen molar-refractivity contribution in [2.75, 3.05) is 9.80 Å². The summed E-state index contributed by atoms with van der Waals surface area (Å²) in [5.74, 6) is 0. The van der Waals surface area contributed by atoms with Crippen LogP contribution in [0.2, 0.25) is 0 Å². The highest BCUT2D eigenvalue weighted by Crippen LogP contribution is 2.51. The third-order valence-electron chi connectivity index (χ3n) is 15.7. The Hall–Kier alpha value is -7.40. The molecule has 10 aromatic carbocycles. The van der Waals surface area contributed by atoms with Crippen molar-refractivity contribution in [3.05, 3.63) is 211 Å². The smallest absolute Gasteiger partial charge is 0.264 e. The zero-order valence-corrected chi connectivity index (χ0v) is 43.7. The van der Waals surface area contributed by atoms with Crippen LogP contribution in [0.4, 0.5) is 34.1 Å². The highest BCUT2D eigenvalue weighted by molar-refractivity contribution is 7.33. The first-order valence-electron chi connectivity index (χ1n) is 25.7. The average molecular weight is 947 g/mol. The summed E-state index contributed by atoms with van der Waals surface area (Å²) in [6, 6.07) is 74.2. The van der Waals surface area contributed by atoms with Crippen molar-refractivity contribution in [1.82, 2.24) is 0 Å². The predicted octanol–water partition coefficient (Wildman–Crippen LogP) is 17.7. The third kappa shape index (κ3) is 6.97. The van der Waals surface area contributed by atoms with E-state index >= 15 is 0 Å². The Morgan fingerprint density at radius 3 is 1.53 bits per heavy atom. The normalized spacial score (nSPS) is 13.5. The molecule has 13 rings (SSSR count). The fourth-order valence-electron chi connectivity index (χ4n) is 11.8. The Morgan fingerprint density at radius 1 is 0.361 bits per heavy atom. The van der Waals surface area contributed by atoms with Crippen LogP contribution in [0.25, 0.3) is 64.7 Å². The van der Waals surface area contributed by atoms with E-state index in [1.807, 2.05) is 11.3 Å².